The monoisotopic (exact) mass is 324 g/mol. The van der Waals surface area contributed by atoms with Crippen molar-refractivity contribution >= 4 is 11.0 Å². The molecule has 0 bridgehead atoms. The number of rotatable bonds is 1. The summed E-state index contributed by atoms with van der Waals surface area (Å²) in [7, 11) is 0. The number of hydrogen-bond acceptors (Lipinski definition) is 5. The van der Waals surface area contributed by atoms with Crippen LogP contribution in [0.4, 0.5) is 0 Å². The first kappa shape index (κ1) is 14.6. The standard InChI is InChI=1S/C19H16O5/c1-11-18(19(21)14-5-4-13(20)10-16(14)24-11)12-3-6-15-17(9-12)23-8-2-7-22-15/h3-6,9-10,20H,2,7-8H2,1H3. The Morgan fingerprint density at radius 2 is 1.79 bits per heavy atom. The van der Waals surface area contributed by atoms with Gasteiger partial charge in [-0.25, -0.2) is 0 Å². The van der Waals surface area contributed by atoms with Crippen LogP contribution in [0.15, 0.2) is 45.6 Å². The van der Waals surface area contributed by atoms with Gasteiger partial charge in [0.1, 0.15) is 17.1 Å². The lowest BCUT2D eigenvalue weighted by Crippen LogP contribution is -2.07. The first-order valence-corrected chi connectivity index (χ1v) is 7.80. The van der Waals surface area contributed by atoms with Crippen LogP contribution in [0.2, 0.25) is 0 Å². The zero-order valence-corrected chi connectivity index (χ0v) is 13.2. The van der Waals surface area contributed by atoms with E-state index in [1.807, 2.05) is 18.2 Å². The first-order valence-electron chi connectivity index (χ1n) is 7.80. The van der Waals surface area contributed by atoms with Gasteiger partial charge in [-0.3, -0.25) is 4.79 Å². The van der Waals surface area contributed by atoms with E-state index in [9.17, 15) is 9.90 Å². The van der Waals surface area contributed by atoms with Crippen LogP contribution in [0, 0.1) is 6.92 Å². The van der Waals surface area contributed by atoms with E-state index in [2.05, 4.69) is 0 Å². The van der Waals surface area contributed by atoms with Crippen molar-refractivity contribution in [3.8, 4) is 28.4 Å². The highest BCUT2D eigenvalue weighted by Gasteiger charge is 2.17. The third kappa shape index (κ3) is 2.38. The van der Waals surface area contributed by atoms with Gasteiger partial charge in [-0.05, 0) is 36.8 Å². The molecule has 1 aromatic heterocycles. The number of benzene rings is 2. The first-order chi connectivity index (χ1) is 11.6. The molecule has 24 heavy (non-hydrogen) atoms. The number of ether oxygens (including phenoxy) is 2. The van der Waals surface area contributed by atoms with Gasteiger partial charge in [0.2, 0.25) is 5.43 Å². The van der Waals surface area contributed by atoms with E-state index < -0.39 is 0 Å². The van der Waals surface area contributed by atoms with Crippen LogP contribution in [-0.2, 0) is 0 Å². The lowest BCUT2D eigenvalue weighted by atomic mass is 10.0. The fourth-order valence-electron chi connectivity index (χ4n) is 2.95. The summed E-state index contributed by atoms with van der Waals surface area (Å²) in [6.45, 7) is 2.94. The SMILES string of the molecule is Cc1oc2cc(O)ccc2c(=O)c1-c1ccc2c(c1)OCCCO2. The highest BCUT2D eigenvalue weighted by molar-refractivity contribution is 5.84. The maximum Gasteiger partial charge on any atom is 0.200 e. The van der Waals surface area contributed by atoms with Gasteiger partial charge in [0.25, 0.3) is 0 Å². The third-order valence-corrected chi connectivity index (χ3v) is 4.09. The number of fused-ring (bicyclic) bond motifs is 2. The molecule has 0 saturated heterocycles. The van der Waals surface area contributed by atoms with Crippen LogP contribution in [0.25, 0.3) is 22.1 Å². The average molecular weight is 324 g/mol. The molecular formula is C19H16O5. The molecule has 1 N–H and O–H groups in total. The Balaban J connectivity index is 1.92. The maximum atomic E-state index is 12.9. The van der Waals surface area contributed by atoms with Crippen LogP contribution in [0.5, 0.6) is 17.2 Å². The molecule has 0 radical (unpaired) electrons. The molecule has 0 aliphatic carbocycles. The molecule has 5 heteroatoms. The second-order valence-electron chi connectivity index (χ2n) is 5.75. The Morgan fingerprint density at radius 3 is 2.62 bits per heavy atom. The molecule has 0 unspecified atom stereocenters. The van der Waals surface area contributed by atoms with E-state index >= 15 is 0 Å². The fraction of sp³-hybridized carbons (Fsp3) is 0.211. The molecule has 0 fully saturated rings. The number of phenols is 1. The average Bonchev–Trinajstić information content (AvgIpc) is 2.79. The molecule has 1 aliphatic heterocycles. The van der Waals surface area contributed by atoms with Gasteiger partial charge < -0.3 is 19.0 Å². The van der Waals surface area contributed by atoms with Crippen molar-refractivity contribution in [3.05, 3.63) is 52.4 Å². The molecule has 2 aromatic carbocycles. The third-order valence-electron chi connectivity index (χ3n) is 4.09. The Hall–Kier alpha value is -2.95. The predicted molar refractivity (Wildman–Crippen MR) is 89.9 cm³/mol. The van der Waals surface area contributed by atoms with Crippen molar-refractivity contribution in [1.29, 1.82) is 0 Å². The predicted octanol–water partition coefficient (Wildman–Crippen LogP) is 3.64. The molecule has 0 saturated carbocycles. The van der Waals surface area contributed by atoms with Crippen LogP contribution in [0.3, 0.4) is 0 Å². The number of aryl methyl sites for hydroxylation is 1. The summed E-state index contributed by atoms with van der Waals surface area (Å²) >= 11 is 0. The lowest BCUT2D eigenvalue weighted by molar-refractivity contribution is 0.297. The summed E-state index contributed by atoms with van der Waals surface area (Å²) < 4.78 is 17.1. The van der Waals surface area contributed by atoms with Gasteiger partial charge in [-0.2, -0.15) is 0 Å². The van der Waals surface area contributed by atoms with Gasteiger partial charge in [0.15, 0.2) is 11.5 Å². The van der Waals surface area contributed by atoms with Crippen molar-refractivity contribution in [1.82, 2.24) is 0 Å². The minimum Gasteiger partial charge on any atom is -0.508 e. The largest absolute Gasteiger partial charge is 0.508 e. The zero-order chi connectivity index (χ0) is 16.7. The lowest BCUT2D eigenvalue weighted by Gasteiger charge is -2.11. The van der Waals surface area contributed by atoms with Gasteiger partial charge in [0, 0.05) is 12.5 Å². The van der Waals surface area contributed by atoms with Crippen molar-refractivity contribution in [2.45, 2.75) is 13.3 Å². The number of hydrogen-bond donors (Lipinski definition) is 1. The van der Waals surface area contributed by atoms with E-state index in [1.165, 1.54) is 12.1 Å². The Bertz CT molecular complexity index is 987. The van der Waals surface area contributed by atoms with Crippen LogP contribution < -0.4 is 14.9 Å². The molecular weight excluding hydrogens is 308 g/mol. The van der Waals surface area contributed by atoms with Gasteiger partial charge >= 0.3 is 0 Å². The van der Waals surface area contributed by atoms with Gasteiger partial charge in [-0.1, -0.05) is 6.07 Å². The molecule has 1 aliphatic rings. The molecule has 0 spiro atoms. The van der Waals surface area contributed by atoms with Crippen molar-refractivity contribution in [2.24, 2.45) is 0 Å². The minimum absolute atomic E-state index is 0.0633. The Kier molecular flexibility index (Phi) is 3.41. The number of aromatic hydroxyl groups is 1. The van der Waals surface area contributed by atoms with E-state index in [0.29, 0.717) is 47.0 Å². The molecule has 4 rings (SSSR count). The summed E-state index contributed by atoms with van der Waals surface area (Å²) in [5.74, 6) is 1.87. The quantitative estimate of drug-likeness (QED) is 0.740. The second-order valence-corrected chi connectivity index (χ2v) is 5.75. The van der Waals surface area contributed by atoms with Gasteiger partial charge in [0.05, 0.1) is 24.2 Å². The fourth-order valence-corrected chi connectivity index (χ4v) is 2.95. The van der Waals surface area contributed by atoms with E-state index in [4.69, 9.17) is 13.9 Å². The highest BCUT2D eigenvalue weighted by Crippen LogP contribution is 2.35. The summed E-state index contributed by atoms with van der Waals surface area (Å²) in [6, 6.07) is 9.96. The van der Waals surface area contributed by atoms with Crippen molar-refractivity contribution < 1.29 is 19.0 Å². The maximum absolute atomic E-state index is 12.9. The summed E-state index contributed by atoms with van der Waals surface area (Å²) in [5, 5.41) is 10.00. The van der Waals surface area contributed by atoms with E-state index in [0.717, 1.165) is 12.0 Å². The molecule has 2 heterocycles. The van der Waals surface area contributed by atoms with Crippen molar-refractivity contribution in [3.63, 3.8) is 0 Å². The summed E-state index contributed by atoms with van der Waals surface area (Å²) in [6.07, 6.45) is 0.824. The van der Waals surface area contributed by atoms with Crippen LogP contribution in [-0.4, -0.2) is 18.3 Å². The Morgan fingerprint density at radius 1 is 1.00 bits per heavy atom. The zero-order valence-electron chi connectivity index (χ0n) is 13.2. The normalized spacial score (nSPS) is 13.7. The topological polar surface area (TPSA) is 68.9 Å². The molecule has 5 nitrogen and oxygen atoms in total. The molecule has 3 aromatic rings. The second kappa shape index (κ2) is 5.60. The minimum atomic E-state index is -0.136. The summed E-state index contributed by atoms with van der Waals surface area (Å²) in [5.41, 5.74) is 1.45. The van der Waals surface area contributed by atoms with Gasteiger partial charge in [-0.15, -0.1) is 0 Å². The smallest absolute Gasteiger partial charge is 0.200 e. The molecule has 122 valence electrons. The number of phenolic OH excluding ortho intramolecular Hbond substituents is 1. The highest BCUT2D eigenvalue weighted by atomic mass is 16.5. The molecule has 0 atom stereocenters. The van der Waals surface area contributed by atoms with Crippen LogP contribution >= 0.6 is 0 Å². The van der Waals surface area contributed by atoms with E-state index in [-0.39, 0.29) is 11.2 Å². The van der Waals surface area contributed by atoms with Crippen molar-refractivity contribution in [2.75, 3.05) is 13.2 Å². The van der Waals surface area contributed by atoms with Crippen LogP contribution in [0.1, 0.15) is 12.2 Å². The summed E-state index contributed by atoms with van der Waals surface area (Å²) in [4.78, 5) is 12.9. The van der Waals surface area contributed by atoms with E-state index in [1.54, 1.807) is 13.0 Å². The Labute approximate surface area is 138 Å². The molecule has 0 amide bonds.